The maximum Gasteiger partial charge on any atom is 0.290 e. The summed E-state index contributed by atoms with van der Waals surface area (Å²) in [6.07, 6.45) is 1.84. The molecular formula is C20H16FNO3. The van der Waals surface area contributed by atoms with Crippen molar-refractivity contribution in [3.8, 4) is 0 Å². The molecule has 2 aromatic carbocycles. The van der Waals surface area contributed by atoms with Crippen molar-refractivity contribution in [1.82, 2.24) is 4.90 Å². The molecule has 1 aliphatic carbocycles. The summed E-state index contributed by atoms with van der Waals surface area (Å²) in [7, 11) is 0. The molecule has 0 unspecified atom stereocenters. The lowest BCUT2D eigenvalue weighted by Crippen LogP contribution is -2.33. The molecule has 0 radical (unpaired) electrons. The summed E-state index contributed by atoms with van der Waals surface area (Å²) in [5.74, 6) is -0.582. The Morgan fingerprint density at radius 2 is 1.84 bits per heavy atom. The number of amides is 1. The number of hydrogen-bond acceptors (Lipinski definition) is 3. The quantitative estimate of drug-likeness (QED) is 0.729. The first-order valence-corrected chi connectivity index (χ1v) is 8.20. The van der Waals surface area contributed by atoms with E-state index in [0.29, 0.717) is 17.5 Å². The van der Waals surface area contributed by atoms with Gasteiger partial charge < -0.3 is 9.32 Å². The van der Waals surface area contributed by atoms with E-state index in [4.69, 9.17) is 4.42 Å². The first-order chi connectivity index (χ1) is 12.1. The standard InChI is InChI=1S/C20H16FNO3/c21-14-7-5-13(6-8-14)12-22(15-9-10-15)20(24)19-11-17(23)16-3-1-2-4-18(16)25-19/h1-8,11,15H,9-10,12H2. The molecule has 126 valence electrons. The Labute approximate surface area is 143 Å². The molecule has 1 aliphatic rings. The Kier molecular flexibility index (Phi) is 3.84. The largest absolute Gasteiger partial charge is 0.451 e. The van der Waals surface area contributed by atoms with Crippen LogP contribution in [0, 0.1) is 5.82 Å². The van der Waals surface area contributed by atoms with E-state index in [0.717, 1.165) is 18.4 Å². The van der Waals surface area contributed by atoms with Gasteiger partial charge in [0.1, 0.15) is 11.4 Å². The highest BCUT2D eigenvalue weighted by molar-refractivity contribution is 5.93. The van der Waals surface area contributed by atoms with Gasteiger partial charge in [0.05, 0.1) is 5.39 Å². The average Bonchev–Trinajstić information content (AvgIpc) is 3.45. The number of hydrogen-bond donors (Lipinski definition) is 0. The van der Waals surface area contributed by atoms with Crippen LogP contribution in [0.3, 0.4) is 0 Å². The molecule has 0 spiro atoms. The maximum absolute atomic E-state index is 13.1. The fourth-order valence-corrected chi connectivity index (χ4v) is 2.89. The van der Waals surface area contributed by atoms with Crippen molar-refractivity contribution in [1.29, 1.82) is 0 Å². The van der Waals surface area contributed by atoms with E-state index in [-0.39, 0.29) is 29.0 Å². The highest BCUT2D eigenvalue weighted by atomic mass is 19.1. The smallest absolute Gasteiger partial charge is 0.290 e. The van der Waals surface area contributed by atoms with Gasteiger partial charge in [-0.2, -0.15) is 0 Å². The first kappa shape index (κ1) is 15.6. The van der Waals surface area contributed by atoms with Gasteiger partial charge in [0, 0.05) is 18.7 Å². The van der Waals surface area contributed by atoms with E-state index in [1.54, 1.807) is 41.3 Å². The minimum atomic E-state index is -0.312. The number of carbonyl (C=O) groups is 1. The maximum atomic E-state index is 13.1. The summed E-state index contributed by atoms with van der Waals surface area (Å²) in [5.41, 5.74) is 1.00. The number of benzene rings is 2. The van der Waals surface area contributed by atoms with Gasteiger partial charge in [-0.25, -0.2) is 4.39 Å². The number of carbonyl (C=O) groups excluding carboxylic acids is 1. The number of rotatable bonds is 4. The highest BCUT2D eigenvalue weighted by Gasteiger charge is 2.34. The molecule has 3 aromatic rings. The molecule has 1 aromatic heterocycles. The number of para-hydroxylation sites is 1. The van der Waals surface area contributed by atoms with Crippen molar-refractivity contribution in [3.05, 3.63) is 82.0 Å². The molecule has 0 aliphatic heterocycles. The van der Waals surface area contributed by atoms with Crippen molar-refractivity contribution >= 4 is 16.9 Å². The van der Waals surface area contributed by atoms with Crippen LogP contribution in [0.25, 0.3) is 11.0 Å². The Morgan fingerprint density at radius 1 is 1.12 bits per heavy atom. The van der Waals surface area contributed by atoms with E-state index in [2.05, 4.69) is 0 Å². The molecule has 0 atom stereocenters. The fourth-order valence-electron chi connectivity index (χ4n) is 2.89. The molecule has 0 bridgehead atoms. The van der Waals surface area contributed by atoms with Crippen LogP contribution >= 0.6 is 0 Å². The van der Waals surface area contributed by atoms with Crippen LogP contribution in [-0.4, -0.2) is 16.8 Å². The van der Waals surface area contributed by atoms with E-state index >= 15 is 0 Å². The van der Waals surface area contributed by atoms with E-state index < -0.39 is 0 Å². The second-order valence-electron chi connectivity index (χ2n) is 6.26. The Morgan fingerprint density at radius 3 is 2.56 bits per heavy atom. The third-order valence-corrected chi connectivity index (χ3v) is 4.36. The van der Waals surface area contributed by atoms with Gasteiger partial charge in [0.15, 0.2) is 11.2 Å². The van der Waals surface area contributed by atoms with E-state index in [9.17, 15) is 14.0 Å². The molecule has 1 amide bonds. The lowest BCUT2D eigenvalue weighted by Gasteiger charge is -2.22. The van der Waals surface area contributed by atoms with Crippen LogP contribution < -0.4 is 5.43 Å². The molecular weight excluding hydrogens is 321 g/mol. The fraction of sp³-hybridized carbons (Fsp3) is 0.200. The predicted molar refractivity (Wildman–Crippen MR) is 91.8 cm³/mol. The zero-order chi connectivity index (χ0) is 17.4. The van der Waals surface area contributed by atoms with Crippen LogP contribution in [0.4, 0.5) is 4.39 Å². The van der Waals surface area contributed by atoms with Crippen molar-refractivity contribution in [2.24, 2.45) is 0 Å². The number of nitrogens with zero attached hydrogens (tertiary/aromatic N) is 1. The molecule has 1 saturated carbocycles. The van der Waals surface area contributed by atoms with Crippen LogP contribution in [-0.2, 0) is 6.54 Å². The molecule has 1 heterocycles. The number of halogens is 1. The van der Waals surface area contributed by atoms with Crippen LogP contribution in [0.2, 0.25) is 0 Å². The van der Waals surface area contributed by atoms with Gasteiger partial charge in [-0.3, -0.25) is 9.59 Å². The molecule has 4 rings (SSSR count). The summed E-state index contributed by atoms with van der Waals surface area (Å²) in [5, 5.41) is 0.454. The summed E-state index contributed by atoms with van der Waals surface area (Å²) in [4.78, 5) is 26.8. The SMILES string of the molecule is O=C(c1cc(=O)c2ccccc2o1)N(Cc1ccc(F)cc1)C1CC1. The van der Waals surface area contributed by atoms with E-state index in [1.165, 1.54) is 18.2 Å². The number of fused-ring (bicyclic) bond motifs is 1. The van der Waals surface area contributed by atoms with Crippen molar-refractivity contribution in [3.63, 3.8) is 0 Å². The van der Waals surface area contributed by atoms with Gasteiger partial charge in [0.2, 0.25) is 0 Å². The summed E-state index contributed by atoms with van der Waals surface area (Å²) in [6.45, 7) is 0.361. The normalized spacial score (nSPS) is 13.8. The van der Waals surface area contributed by atoms with Crippen LogP contribution in [0.15, 0.2) is 63.8 Å². The molecule has 25 heavy (non-hydrogen) atoms. The molecule has 4 nitrogen and oxygen atoms in total. The van der Waals surface area contributed by atoms with Crippen LogP contribution in [0.5, 0.6) is 0 Å². The van der Waals surface area contributed by atoms with Gasteiger partial charge in [-0.1, -0.05) is 24.3 Å². The topological polar surface area (TPSA) is 50.5 Å². The van der Waals surface area contributed by atoms with Crippen LogP contribution in [0.1, 0.15) is 29.0 Å². The van der Waals surface area contributed by atoms with E-state index in [1.807, 2.05) is 0 Å². The first-order valence-electron chi connectivity index (χ1n) is 8.20. The third kappa shape index (κ3) is 3.18. The van der Waals surface area contributed by atoms with Crippen molar-refractivity contribution in [2.45, 2.75) is 25.4 Å². The summed E-state index contributed by atoms with van der Waals surface area (Å²) >= 11 is 0. The van der Waals surface area contributed by atoms with Crippen molar-refractivity contribution in [2.75, 3.05) is 0 Å². The lowest BCUT2D eigenvalue weighted by atomic mass is 10.2. The predicted octanol–water partition coefficient (Wildman–Crippen LogP) is 3.74. The average molecular weight is 337 g/mol. The minimum Gasteiger partial charge on any atom is -0.451 e. The van der Waals surface area contributed by atoms with Gasteiger partial charge in [-0.05, 0) is 42.7 Å². The Bertz CT molecular complexity index is 990. The zero-order valence-electron chi connectivity index (χ0n) is 13.4. The second kappa shape index (κ2) is 6.16. The Balaban J connectivity index is 1.67. The van der Waals surface area contributed by atoms with Gasteiger partial charge in [-0.15, -0.1) is 0 Å². The lowest BCUT2D eigenvalue weighted by molar-refractivity contribution is 0.0698. The van der Waals surface area contributed by atoms with Crippen molar-refractivity contribution < 1.29 is 13.6 Å². The highest BCUT2D eigenvalue weighted by Crippen LogP contribution is 2.30. The van der Waals surface area contributed by atoms with Gasteiger partial charge in [0.25, 0.3) is 5.91 Å². The zero-order valence-corrected chi connectivity index (χ0v) is 13.4. The second-order valence-corrected chi connectivity index (χ2v) is 6.26. The summed E-state index contributed by atoms with van der Waals surface area (Å²) < 4.78 is 18.7. The molecule has 0 saturated heterocycles. The molecule has 1 fully saturated rings. The minimum absolute atomic E-state index is 0.0395. The van der Waals surface area contributed by atoms with Gasteiger partial charge >= 0.3 is 0 Å². The summed E-state index contributed by atoms with van der Waals surface area (Å²) in [6, 6.07) is 14.3. The molecule has 0 N–H and O–H groups in total. The molecule has 5 heteroatoms. The third-order valence-electron chi connectivity index (χ3n) is 4.36. The monoisotopic (exact) mass is 337 g/mol. The Hall–Kier alpha value is -2.95.